The van der Waals surface area contributed by atoms with Crippen molar-refractivity contribution in [1.29, 1.82) is 0 Å². The van der Waals surface area contributed by atoms with Gasteiger partial charge in [-0.3, -0.25) is 9.59 Å². The SMILES string of the molecule is CCc1ccc([C@H](NC(=O)c2ccc3c(c2)NC(=O)CS3)c2cccs2)cc1. The number of hydrogen-bond donors (Lipinski definition) is 2. The smallest absolute Gasteiger partial charge is 0.252 e. The van der Waals surface area contributed by atoms with Gasteiger partial charge >= 0.3 is 0 Å². The van der Waals surface area contributed by atoms with Gasteiger partial charge in [0.05, 0.1) is 17.5 Å². The number of nitrogens with one attached hydrogen (secondary N) is 2. The van der Waals surface area contributed by atoms with Crippen molar-refractivity contribution in [2.45, 2.75) is 24.3 Å². The Morgan fingerprint density at radius 2 is 2.00 bits per heavy atom. The zero-order valence-electron chi connectivity index (χ0n) is 15.4. The molecule has 0 fully saturated rings. The lowest BCUT2D eigenvalue weighted by Gasteiger charge is -2.20. The number of thioether (sulfide) groups is 1. The molecule has 6 heteroatoms. The van der Waals surface area contributed by atoms with Gasteiger partial charge in [-0.15, -0.1) is 23.1 Å². The van der Waals surface area contributed by atoms with Gasteiger partial charge in [0.15, 0.2) is 0 Å². The minimum Gasteiger partial charge on any atom is -0.340 e. The molecule has 1 aliphatic heterocycles. The average molecular weight is 409 g/mol. The van der Waals surface area contributed by atoms with Crippen molar-refractivity contribution >= 4 is 40.6 Å². The first kappa shape index (κ1) is 18.8. The third-order valence-corrected chi connectivity index (χ3v) is 6.71. The third kappa shape index (κ3) is 3.98. The van der Waals surface area contributed by atoms with Gasteiger partial charge in [-0.2, -0.15) is 0 Å². The van der Waals surface area contributed by atoms with Crippen LogP contribution in [0.25, 0.3) is 0 Å². The zero-order valence-corrected chi connectivity index (χ0v) is 17.0. The van der Waals surface area contributed by atoms with Crippen LogP contribution in [0.4, 0.5) is 5.69 Å². The molecule has 28 heavy (non-hydrogen) atoms. The molecule has 2 N–H and O–H groups in total. The molecular formula is C22H20N2O2S2. The lowest BCUT2D eigenvalue weighted by atomic mass is 10.0. The Morgan fingerprint density at radius 3 is 2.71 bits per heavy atom. The molecule has 1 atom stereocenters. The first-order valence-corrected chi connectivity index (χ1v) is 11.0. The maximum Gasteiger partial charge on any atom is 0.252 e. The van der Waals surface area contributed by atoms with Crippen molar-refractivity contribution in [2.75, 3.05) is 11.1 Å². The van der Waals surface area contributed by atoms with Crippen molar-refractivity contribution in [3.63, 3.8) is 0 Å². The van der Waals surface area contributed by atoms with E-state index in [2.05, 4.69) is 41.8 Å². The highest BCUT2D eigenvalue weighted by molar-refractivity contribution is 8.00. The Kier molecular flexibility index (Phi) is 5.50. The Bertz CT molecular complexity index is 998. The van der Waals surface area contributed by atoms with E-state index in [4.69, 9.17) is 0 Å². The molecule has 1 aliphatic rings. The Labute approximate surface area is 172 Å². The van der Waals surface area contributed by atoms with E-state index >= 15 is 0 Å². The summed E-state index contributed by atoms with van der Waals surface area (Å²) in [7, 11) is 0. The normalized spacial score (nSPS) is 14.1. The number of fused-ring (bicyclic) bond motifs is 1. The summed E-state index contributed by atoms with van der Waals surface area (Å²) in [5, 5.41) is 8.02. The summed E-state index contributed by atoms with van der Waals surface area (Å²) in [5.41, 5.74) is 3.56. The van der Waals surface area contributed by atoms with Crippen molar-refractivity contribution in [2.24, 2.45) is 0 Å². The van der Waals surface area contributed by atoms with E-state index < -0.39 is 0 Å². The number of amides is 2. The van der Waals surface area contributed by atoms with Crippen molar-refractivity contribution in [3.05, 3.63) is 81.5 Å². The summed E-state index contributed by atoms with van der Waals surface area (Å²) in [4.78, 5) is 26.7. The molecular weight excluding hydrogens is 388 g/mol. The third-order valence-electron chi connectivity index (χ3n) is 4.70. The number of carbonyl (C=O) groups is 2. The van der Waals surface area contributed by atoms with Crippen LogP contribution in [0.5, 0.6) is 0 Å². The highest BCUT2D eigenvalue weighted by Gasteiger charge is 2.21. The van der Waals surface area contributed by atoms with E-state index in [1.807, 2.05) is 29.6 Å². The fourth-order valence-corrected chi connectivity index (χ4v) is 4.75. The molecule has 4 rings (SSSR count). The largest absolute Gasteiger partial charge is 0.340 e. The molecule has 4 nitrogen and oxygen atoms in total. The second-order valence-electron chi connectivity index (χ2n) is 6.56. The van der Waals surface area contributed by atoms with Crippen molar-refractivity contribution in [1.82, 2.24) is 5.32 Å². The molecule has 1 aromatic heterocycles. The summed E-state index contributed by atoms with van der Waals surface area (Å²) in [5.74, 6) is 0.209. The van der Waals surface area contributed by atoms with E-state index in [0.29, 0.717) is 17.0 Å². The minimum absolute atomic E-state index is 0.0393. The number of carbonyl (C=O) groups excluding carboxylic acids is 2. The van der Waals surface area contributed by atoms with Crippen LogP contribution in [0.15, 0.2) is 64.9 Å². The van der Waals surface area contributed by atoms with Gasteiger partial charge < -0.3 is 10.6 Å². The molecule has 0 aliphatic carbocycles. The molecule has 142 valence electrons. The summed E-state index contributed by atoms with van der Waals surface area (Å²) < 4.78 is 0. The second-order valence-corrected chi connectivity index (χ2v) is 8.56. The highest BCUT2D eigenvalue weighted by Crippen LogP contribution is 2.32. The number of thiophene rings is 1. The fraction of sp³-hybridized carbons (Fsp3) is 0.182. The van der Waals surface area contributed by atoms with E-state index in [-0.39, 0.29) is 17.9 Å². The first-order valence-electron chi connectivity index (χ1n) is 9.14. The number of aryl methyl sites for hydroxylation is 1. The Hall–Kier alpha value is -2.57. The van der Waals surface area contributed by atoms with E-state index in [1.54, 1.807) is 17.4 Å². The predicted octanol–water partition coefficient (Wildman–Crippen LogP) is 4.87. The molecule has 0 spiro atoms. The summed E-state index contributed by atoms with van der Waals surface area (Å²) in [6.07, 6.45) is 0.981. The van der Waals surface area contributed by atoms with Gasteiger partial charge in [0.2, 0.25) is 5.91 Å². The van der Waals surface area contributed by atoms with E-state index in [0.717, 1.165) is 21.8 Å². The maximum absolute atomic E-state index is 13.0. The Balaban J connectivity index is 1.60. The number of anilines is 1. The highest BCUT2D eigenvalue weighted by atomic mass is 32.2. The molecule has 0 saturated carbocycles. The monoisotopic (exact) mass is 408 g/mol. The molecule has 2 aromatic carbocycles. The number of rotatable bonds is 5. The summed E-state index contributed by atoms with van der Waals surface area (Å²) >= 11 is 3.11. The molecule has 0 saturated heterocycles. The van der Waals surface area contributed by atoms with Crippen LogP contribution in [-0.2, 0) is 11.2 Å². The molecule has 0 bridgehead atoms. The predicted molar refractivity (Wildman–Crippen MR) is 115 cm³/mol. The minimum atomic E-state index is -0.210. The summed E-state index contributed by atoms with van der Waals surface area (Å²) in [6, 6.07) is 17.6. The summed E-state index contributed by atoms with van der Waals surface area (Å²) in [6.45, 7) is 2.13. The fourth-order valence-electron chi connectivity index (χ4n) is 3.16. The van der Waals surface area contributed by atoms with Crippen LogP contribution in [0.3, 0.4) is 0 Å². The van der Waals surface area contributed by atoms with Crippen LogP contribution >= 0.6 is 23.1 Å². The van der Waals surface area contributed by atoms with Gasteiger partial charge in [0.25, 0.3) is 5.91 Å². The molecule has 2 heterocycles. The van der Waals surface area contributed by atoms with Crippen molar-refractivity contribution in [3.8, 4) is 0 Å². The van der Waals surface area contributed by atoms with E-state index in [9.17, 15) is 9.59 Å². The van der Waals surface area contributed by atoms with Crippen molar-refractivity contribution < 1.29 is 9.59 Å². The number of hydrogen-bond acceptors (Lipinski definition) is 4. The van der Waals surface area contributed by atoms with Crippen LogP contribution in [0.2, 0.25) is 0 Å². The zero-order chi connectivity index (χ0) is 19.5. The maximum atomic E-state index is 13.0. The van der Waals surface area contributed by atoms with Gasteiger partial charge in [0.1, 0.15) is 0 Å². The van der Waals surface area contributed by atoms with Crippen LogP contribution in [-0.4, -0.2) is 17.6 Å². The molecule has 0 unspecified atom stereocenters. The topological polar surface area (TPSA) is 58.2 Å². The van der Waals surface area contributed by atoms with Gasteiger partial charge in [-0.25, -0.2) is 0 Å². The van der Waals surface area contributed by atoms with Gasteiger partial charge in [-0.05, 0) is 47.2 Å². The van der Waals surface area contributed by atoms with Crippen LogP contribution in [0.1, 0.15) is 39.3 Å². The lowest BCUT2D eigenvalue weighted by Crippen LogP contribution is -2.29. The van der Waals surface area contributed by atoms with Crippen LogP contribution < -0.4 is 10.6 Å². The molecule has 3 aromatic rings. The Morgan fingerprint density at radius 1 is 1.18 bits per heavy atom. The standard InChI is InChI=1S/C22H20N2O2S2/c1-2-14-5-7-15(8-6-14)21(19-4-3-11-27-19)24-22(26)16-9-10-18-17(12-16)23-20(25)13-28-18/h3-12,21H,2,13H2,1H3,(H,23,25)(H,24,26)/t21-/m0/s1. The molecule has 0 radical (unpaired) electrons. The van der Waals surface area contributed by atoms with E-state index in [1.165, 1.54) is 17.3 Å². The average Bonchev–Trinajstić information content (AvgIpc) is 3.26. The first-order chi connectivity index (χ1) is 13.6. The quantitative estimate of drug-likeness (QED) is 0.633. The lowest BCUT2D eigenvalue weighted by molar-refractivity contribution is -0.113. The van der Waals surface area contributed by atoms with Gasteiger partial charge in [-0.1, -0.05) is 37.3 Å². The molecule has 2 amide bonds. The van der Waals surface area contributed by atoms with Crippen LogP contribution in [0, 0.1) is 0 Å². The van der Waals surface area contributed by atoms with Gasteiger partial charge in [0, 0.05) is 15.3 Å². The second kappa shape index (κ2) is 8.20. The number of benzene rings is 2.